The Morgan fingerprint density at radius 3 is 2.43 bits per heavy atom. The van der Waals surface area contributed by atoms with Crippen molar-refractivity contribution in [1.29, 1.82) is 0 Å². The molecule has 0 fully saturated rings. The van der Waals surface area contributed by atoms with E-state index in [2.05, 4.69) is 5.32 Å². The molecule has 0 saturated carbocycles. The molecular formula is C27H28ClN3O4. The molecule has 1 amide bonds. The van der Waals surface area contributed by atoms with Gasteiger partial charge in [-0.15, -0.1) is 0 Å². The smallest absolute Gasteiger partial charge is 0.244 e. The Labute approximate surface area is 209 Å². The number of carbonyl (C=O) groups excluding carboxylic acids is 1. The van der Waals surface area contributed by atoms with Crippen molar-refractivity contribution in [3.63, 3.8) is 0 Å². The number of carbonyl (C=O) groups is 1. The second kappa shape index (κ2) is 10.7. The van der Waals surface area contributed by atoms with Crippen molar-refractivity contribution in [2.45, 2.75) is 19.4 Å². The van der Waals surface area contributed by atoms with E-state index < -0.39 is 6.04 Å². The highest BCUT2D eigenvalue weighted by atomic mass is 35.5. The first-order valence-electron chi connectivity index (χ1n) is 11.3. The van der Waals surface area contributed by atoms with Crippen LogP contribution < -0.4 is 19.5 Å². The van der Waals surface area contributed by atoms with Crippen LogP contribution in [0.2, 0.25) is 5.02 Å². The minimum atomic E-state index is -0.525. The number of nitrogens with one attached hydrogen (secondary N) is 1. The van der Waals surface area contributed by atoms with Crippen LogP contribution in [0.4, 0.5) is 0 Å². The van der Waals surface area contributed by atoms with E-state index >= 15 is 0 Å². The van der Waals surface area contributed by atoms with Gasteiger partial charge in [0.1, 0.15) is 11.7 Å². The molecule has 4 aromatic rings. The Kier molecular flexibility index (Phi) is 7.46. The number of hydrogen-bond donors (Lipinski definition) is 1. The molecule has 1 N–H and O–H groups in total. The Morgan fingerprint density at radius 2 is 1.74 bits per heavy atom. The van der Waals surface area contributed by atoms with E-state index in [0.29, 0.717) is 35.2 Å². The van der Waals surface area contributed by atoms with Crippen molar-refractivity contribution in [2.75, 3.05) is 27.9 Å². The van der Waals surface area contributed by atoms with Crippen LogP contribution in [0.15, 0.2) is 60.7 Å². The van der Waals surface area contributed by atoms with Crippen molar-refractivity contribution < 1.29 is 19.0 Å². The average molecular weight is 494 g/mol. The second-order valence-corrected chi connectivity index (χ2v) is 8.47. The lowest BCUT2D eigenvalue weighted by Gasteiger charge is -2.17. The summed E-state index contributed by atoms with van der Waals surface area (Å²) in [7, 11) is 4.73. The van der Waals surface area contributed by atoms with Gasteiger partial charge in [-0.25, -0.2) is 0 Å². The zero-order valence-corrected chi connectivity index (χ0v) is 20.9. The number of benzene rings is 3. The zero-order chi connectivity index (χ0) is 24.9. The van der Waals surface area contributed by atoms with E-state index in [1.165, 1.54) is 0 Å². The number of hydrogen-bond acceptors (Lipinski definition) is 5. The third-order valence-electron chi connectivity index (χ3n) is 5.94. The van der Waals surface area contributed by atoms with E-state index in [9.17, 15) is 4.79 Å². The Morgan fingerprint density at radius 1 is 1.00 bits per heavy atom. The predicted octanol–water partition coefficient (Wildman–Crippen LogP) is 5.30. The van der Waals surface area contributed by atoms with E-state index in [1.807, 2.05) is 67.6 Å². The molecule has 0 spiro atoms. The lowest BCUT2D eigenvalue weighted by molar-refractivity contribution is -0.124. The van der Waals surface area contributed by atoms with E-state index in [0.717, 1.165) is 27.7 Å². The van der Waals surface area contributed by atoms with Crippen molar-refractivity contribution in [3.8, 4) is 28.5 Å². The number of methoxy groups -OCH3 is 3. The summed E-state index contributed by atoms with van der Waals surface area (Å²) in [6.45, 7) is 2.26. The quantitative estimate of drug-likeness (QED) is 0.342. The molecule has 0 bridgehead atoms. The van der Waals surface area contributed by atoms with Crippen LogP contribution in [0.3, 0.4) is 0 Å². The molecule has 1 atom stereocenters. The Balaban J connectivity index is 1.54. The van der Waals surface area contributed by atoms with Crippen LogP contribution in [0.5, 0.6) is 17.2 Å². The van der Waals surface area contributed by atoms with Crippen LogP contribution in [-0.2, 0) is 11.2 Å². The van der Waals surface area contributed by atoms with E-state index in [4.69, 9.17) is 30.9 Å². The van der Waals surface area contributed by atoms with Crippen molar-refractivity contribution >= 4 is 28.4 Å². The van der Waals surface area contributed by atoms with Gasteiger partial charge < -0.3 is 19.5 Å². The van der Waals surface area contributed by atoms with Crippen LogP contribution in [0.1, 0.15) is 18.5 Å². The van der Waals surface area contributed by atoms with Crippen molar-refractivity contribution in [2.24, 2.45) is 0 Å². The molecule has 0 aliphatic carbocycles. The molecule has 3 aromatic carbocycles. The summed E-state index contributed by atoms with van der Waals surface area (Å²) in [6.07, 6.45) is 0.562. The van der Waals surface area contributed by atoms with Gasteiger partial charge in [-0.1, -0.05) is 48.0 Å². The largest absolute Gasteiger partial charge is 0.493 e. The summed E-state index contributed by atoms with van der Waals surface area (Å²) in [5.74, 6) is 1.58. The first-order valence-corrected chi connectivity index (χ1v) is 11.6. The highest BCUT2D eigenvalue weighted by molar-refractivity contribution is 6.31. The number of rotatable bonds is 9. The maximum atomic E-state index is 13.1. The summed E-state index contributed by atoms with van der Waals surface area (Å²) >= 11 is 6.28. The fourth-order valence-corrected chi connectivity index (χ4v) is 4.33. The molecule has 1 aromatic heterocycles. The topological polar surface area (TPSA) is 74.6 Å². The van der Waals surface area contributed by atoms with E-state index in [-0.39, 0.29) is 5.91 Å². The Bertz CT molecular complexity index is 1340. The molecule has 0 saturated heterocycles. The summed E-state index contributed by atoms with van der Waals surface area (Å²) in [6, 6.07) is 18.7. The SMILES string of the molecule is COc1ccc(CCNC(=O)C(C)n2nc(-c3ccccc3)c3cc(Cl)ccc32)c(OC)c1OC. The van der Waals surface area contributed by atoms with E-state index in [1.54, 1.807) is 26.0 Å². The molecule has 182 valence electrons. The van der Waals surface area contributed by atoms with Gasteiger partial charge in [0.2, 0.25) is 11.7 Å². The van der Waals surface area contributed by atoms with Gasteiger partial charge in [0.25, 0.3) is 0 Å². The summed E-state index contributed by atoms with van der Waals surface area (Å²) < 4.78 is 18.1. The van der Waals surface area contributed by atoms with Gasteiger partial charge in [0.05, 0.1) is 26.8 Å². The third kappa shape index (κ3) is 4.91. The number of halogens is 1. The number of nitrogens with zero attached hydrogens (tertiary/aromatic N) is 2. The monoisotopic (exact) mass is 493 g/mol. The first kappa shape index (κ1) is 24.4. The molecule has 0 aliphatic heterocycles. The number of ether oxygens (including phenoxy) is 3. The Hall–Kier alpha value is -3.71. The van der Waals surface area contributed by atoms with Crippen molar-refractivity contribution in [1.82, 2.24) is 15.1 Å². The maximum absolute atomic E-state index is 13.1. The molecule has 35 heavy (non-hydrogen) atoms. The highest BCUT2D eigenvalue weighted by Gasteiger charge is 2.22. The molecule has 4 rings (SSSR count). The molecule has 0 radical (unpaired) electrons. The van der Waals surface area contributed by atoms with Gasteiger partial charge in [0.15, 0.2) is 11.5 Å². The van der Waals surface area contributed by atoms with Crippen LogP contribution in [0, 0.1) is 0 Å². The summed E-state index contributed by atoms with van der Waals surface area (Å²) in [5, 5.41) is 9.34. The summed E-state index contributed by atoms with van der Waals surface area (Å²) in [5.41, 5.74) is 3.51. The molecular weight excluding hydrogens is 466 g/mol. The molecule has 1 unspecified atom stereocenters. The normalized spacial score (nSPS) is 11.8. The fourth-order valence-electron chi connectivity index (χ4n) is 4.16. The van der Waals surface area contributed by atoms with Crippen LogP contribution >= 0.6 is 11.6 Å². The van der Waals surface area contributed by atoms with Gasteiger partial charge >= 0.3 is 0 Å². The zero-order valence-electron chi connectivity index (χ0n) is 20.2. The minimum absolute atomic E-state index is 0.136. The molecule has 7 nitrogen and oxygen atoms in total. The van der Waals surface area contributed by atoms with Crippen LogP contribution in [0.25, 0.3) is 22.2 Å². The molecule has 1 heterocycles. The molecule has 8 heteroatoms. The highest BCUT2D eigenvalue weighted by Crippen LogP contribution is 2.39. The first-order chi connectivity index (χ1) is 17.0. The fraction of sp³-hybridized carbons (Fsp3) is 0.259. The number of amides is 1. The lowest BCUT2D eigenvalue weighted by atomic mass is 10.1. The second-order valence-electron chi connectivity index (χ2n) is 8.03. The van der Waals surface area contributed by atoms with Gasteiger partial charge in [-0.2, -0.15) is 5.10 Å². The van der Waals surface area contributed by atoms with Gasteiger partial charge in [0, 0.05) is 28.1 Å². The standard InChI is InChI=1S/C27H28ClN3O4/c1-17(27(32)29-15-14-19-10-13-23(33-2)26(35-4)25(19)34-3)31-22-12-11-20(28)16-21(22)24(30-31)18-8-6-5-7-9-18/h5-13,16-17H,14-15H2,1-4H3,(H,29,32). The maximum Gasteiger partial charge on any atom is 0.244 e. The number of fused-ring (bicyclic) bond motifs is 1. The minimum Gasteiger partial charge on any atom is -0.493 e. The van der Waals surface area contributed by atoms with Gasteiger partial charge in [-0.3, -0.25) is 9.48 Å². The molecule has 0 aliphatic rings. The lowest BCUT2D eigenvalue weighted by Crippen LogP contribution is -2.33. The summed E-state index contributed by atoms with van der Waals surface area (Å²) in [4.78, 5) is 13.1. The average Bonchev–Trinajstić information content (AvgIpc) is 3.26. The van der Waals surface area contributed by atoms with Crippen LogP contribution in [-0.4, -0.2) is 43.6 Å². The van der Waals surface area contributed by atoms with Crippen molar-refractivity contribution in [3.05, 3.63) is 71.2 Å². The van der Waals surface area contributed by atoms with Gasteiger partial charge in [-0.05, 0) is 37.6 Å². The third-order valence-corrected chi connectivity index (χ3v) is 6.18. The number of aromatic nitrogens is 2. The predicted molar refractivity (Wildman–Crippen MR) is 138 cm³/mol.